The van der Waals surface area contributed by atoms with Crippen molar-refractivity contribution in [3.05, 3.63) is 23.8 Å². The molecule has 0 aliphatic heterocycles. The Morgan fingerprint density at radius 3 is 3.06 bits per heavy atom. The second kappa shape index (κ2) is 5.03. The van der Waals surface area contributed by atoms with Crippen LogP contribution in [0, 0.1) is 5.92 Å². The minimum atomic E-state index is -1.01. The Hall–Kier alpha value is -1.49. The third-order valence-electron chi connectivity index (χ3n) is 2.63. The van der Waals surface area contributed by atoms with E-state index in [4.69, 9.17) is 9.84 Å². The fraction of sp³-hybridized carbons (Fsp3) is 0.545. The second-order valence-electron chi connectivity index (χ2n) is 3.97. The van der Waals surface area contributed by atoms with Crippen LogP contribution < -0.4 is 0 Å². The van der Waals surface area contributed by atoms with E-state index >= 15 is 0 Å². The lowest BCUT2D eigenvalue weighted by Crippen LogP contribution is -2.07. The molecule has 1 fully saturated rings. The first-order valence-corrected chi connectivity index (χ1v) is 5.37. The van der Waals surface area contributed by atoms with Gasteiger partial charge in [0.05, 0.1) is 12.3 Å². The molecule has 86 valence electrons. The van der Waals surface area contributed by atoms with Crippen molar-refractivity contribution in [1.29, 1.82) is 0 Å². The monoisotopic (exact) mass is 222 g/mol. The second-order valence-corrected chi connectivity index (χ2v) is 3.97. The minimum absolute atomic E-state index is 0.119. The van der Waals surface area contributed by atoms with Crippen molar-refractivity contribution in [2.45, 2.75) is 25.9 Å². The molecule has 0 saturated heterocycles. The van der Waals surface area contributed by atoms with Gasteiger partial charge in [0.2, 0.25) is 0 Å². The molecular weight excluding hydrogens is 208 g/mol. The van der Waals surface area contributed by atoms with Gasteiger partial charge in [0.15, 0.2) is 0 Å². The van der Waals surface area contributed by atoms with Gasteiger partial charge in [-0.3, -0.25) is 0 Å². The Kier molecular flexibility index (Phi) is 3.46. The van der Waals surface area contributed by atoms with Gasteiger partial charge in [-0.1, -0.05) is 12.8 Å². The normalized spacial score (nSPS) is 15.0. The molecule has 0 bridgehead atoms. The molecule has 0 atom stereocenters. The van der Waals surface area contributed by atoms with Gasteiger partial charge < -0.3 is 9.84 Å². The zero-order valence-electron chi connectivity index (χ0n) is 8.93. The molecule has 0 spiro atoms. The van der Waals surface area contributed by atoms with Crippen LogP contribution in [0.2, 0.25) is 0 Å². The van der Waals surface area contributed by atoms with Gasteiger partial charge in [0.1, 0.15) is 11.9 Å². The lowest BCUT2D eigenvalue weighted by molar-refractivity contribution is 0.0683. The summed E-state index contributed by atoms with van der Waals surface area (Å²) in [4.78, 5) is 18.4. The number of hydrogen-bond donors (Lipinski definition) is 1. The number of carboxylic acid groups (broad SMARTS) is 1. The van der Waals surface area contributed by atoms with Crippen LogP contribution in [0.3, 0.4) is 0 Å². The summed E-state index contributed by atoms with van der Waals surface area (Å²) in [6.45, 7) is 0.921. The van der Waals surface area contributed by atoms with E-state index in [1.807, 2.05) is 0 Å². The zero-order valence-corrected chi connectivity index (χ0v) is 8.93. The van der Waals surface area contributed by atoms with Crippen molar-refractivity contribution in [3.8, 4) is 0 Å². The molecule has 0 aromatic carbocycles. The van der Waals surface area contributed by atoms with Gasteiger partial charge in [0, 0.05) is 12.8 Å². The molecule has 1 saturated carbocycles. The highest BCUT2D eigenvalue weighted by Crippen LogP contribution is 2.32. The summed E-state index contributed by atoms with van der Waals surface area (Å²) in [6.07, 6.45) is 6.31. The molecule has 1 aliphatic carbocycles. The van der Waals surface area contributed by atoms with Crippen LogP contribution in [0.1, 0.15) is 35.3 Å². The highest BCUT2D eigenvalue weighted by Gasteiger charge is 2.20. The van der Waals surface area contributed by atoms with E-state index in [-0.39, 0.29) is 12.2 Å². The Balaban J connectivity index is 1.84. The summed E-state index contributed by atoms with van der Waals surface area (Å²) in [5, 5.41) is 8.88. The van der Waals surface area contributed by atoms with Crippen LogP contribution in [0.4, 0.5) is 0 Å². The molecule has 0 radical (unpaired) electrons. The molecule has 0 unspecified atom stereocenters. The molecule has 0 amide bonds. The largest absolute Gasteiger partial charge is 0.478 e. The predicted octanol–water partition coefficient (Wildman–Crippen LogP) is 1.49. The van der Waals surface area contributed by atoms with Gasteiger partial charge in [-0.2, -0.15) is 0 Å². The molecule has 5 nitrogen and oxygen atoms in total. The number of rotatable bonds is 6. The zero-order chi connectivity index (χ0) is 11.4. The third kappa shape index (κ3) is 3.00. The van der Waals surface area contributed by atoms with Crippen molar-refractivity contribution < 1.29 is 14.6 Å². The van der Waals surface area contributed by atoms with Gasteiger partial charge >= 0.3 is 5.97 Å². The fourth-order valence-electron chi connectivity index (χ4n) is 1.47. The average molecular weight is 222 g/mol. The maximum atomic E-state index is 10.8. The van der Waals surface area contributed by atoms with Gasteiger partial charge in [-0.25, -0.2) is 14.8 Å². The first kappa shape index (κ1) is 11.0. The van der Waals surface area contributed by atoms with Gasteiger partial charge in [-0.15, -0.1) is 0 Å². The van der Waals surface area contributed by atoms with Gasteiger partial charge in [0.25, 0.3) is 0 Å². The lowest BCUT2D eigenvalue weighted by Gasteiger charge is -2.05. The van der Waals surface area contributed by atoms with Crippen LogP contribution in [0.15, 0.2) is 12.5 Å². The Bertz CT molecular complexity index is 377. The van der Waals surface area contributed by atoms with Crippen molar-refractivity contribution in [2.24, 2.45) is 5.92 Å². The molecule has 1 aromatic rings. The highest BCUT2D eigenvalue weighted by atomic mass is 16.5. The van der Waals surface area contributed by atoms with Crippen molar-refractivity contribution in [3.63, 3.8) is 0 Å². The van der Waals surface area contributed by atoms with Gasteiger partial charge in [-0.05, 0) is 12.3 Å². The number of carbonyl (C=O) groups is 1. The van der Waals surface area contributed by atoms with Crippen LogP contribution in [-0.4, -0.2) is 27.7 Å². The summed E-state index contributed by atoms with van der Waals surface area (Å²) in [7, 11) is 0. The molecule has 1 heterocycles. The van der Waals surface area contributed by atoms with E-state index in [2.05, 4.69) is 9.97 Å². The molecule has 1 aromatic heterocycles. The van der Waals surface area contributed by atoms with E-state index in [9.17, 15) is 4.79 Å². The number of nitrogens with zero attached hydrogens (tertiary/aromatic N) is 2. The molecule has 16 heavy (non-hydrogen) atoms. The Labute approximate surface area is 93.5 Å². The minimum Gasteiger partial charge on any atom is -0.478 e. The fourth-order valence-corrected chi connectivity index (χ4v) is 1.47. The summed E-state index contributed by atoms with van der Waals surface area (Å²) in [5.74, 6) is -0.189. The van der Waals surface area contributed by atoms with E-state index in [0.717, 1.165) is 12.3 Å². The predicted molar refractivity (Wildman–Crippen MR) is 56.0 cm³/mol. The van der Waals surface area contributed by atoms with Crippen LogP contribution in [-0.2, 0) is 11.3 Å². The number of aromatic carboxylic acids is 1. The number of carboxylic acids is 1. The molecule has 2 rings (SSSR count). The average Bonchev–Trinajstić information content (AvgIpc) is 3.08. The Morgan fingerprint density at radius 2 is 2.38 bits per heavy atom. The summed E-state index contributed by atoms with van der Waals surface area (Å²) < 4.78 is 5.41. The van der Waals surface area contributed by atoms with Crippen LogP contribution in [0.5, 0.6) is 0 Å². The quantitative estimate of drug-likeness (QED) is 0.738. The first-order chi connectivity index (χ1) is 7.77. The van der Waals surface area contributed by atoms with E-state index in [0.29, 0.717) is 12.3 Å². The third-order valence-corrected chi connectivity index (χ3v) is 2.63. The molecular formula is C11H14N2O3. The summed E-state index contributed by atoms with van der Waals surface area (Å²) in [6, 6.07) is 0. The van der Waals surface area contributed by atoms with E-state index in [1.165, 1.54) is 25.4 Å². The number of ether oxygens (including phenoxy) is 1. The van der Waals surface area contributed by atoms with Crippen molar-refractivity contribution in [1.82, 2.24) is 9.97 Å². The highest BCUT2D eigenvalue weighted by molar-refractivity contribution is 5.88. The maximum Gasteiger partial charge on any atom is 0.339 e. The van der Waals surface area contributed by atoms with Crippen LogP contribution >= 0.6 is 0 Å². The molecule has 1 aliphatic rings. The van der Waals surface area contributed by atoms with Crippen molar-refractivity contribution in [2.75, 3.05) is 6.61 Å². The summed E-state index contributed by atoms with van der Waals surface area (Å²) >= 11 is 0. The number of aromatic nitrogens is 2. The lowest BCUT2D eigenvalue weighted by atomic mass is 10.2. The standard InChI is InChI=1S/C11H14N2O3/c14-11(15)9-5-12-7-13-10(9)6-16-4-3-8-1-2-8/h5,7-8H,1-4,6H2,(H,14,15). The topological polar surface area (TPSA) is 72.3 Å². The Morgan fingerprint density at radius 1 is 1.56 bits per heavy atom. The van der Waals surface area contributed by atoms with Crippen molar-refractivity contribution >= 4 is 5.97 Å². The molecule has 5 heteroatoms. The number of hydrogen-bond acceptors (Lipinski definition) is 4. The SMILES string of the molecule is O=C(O)c1cncnc1COCCC1CC1. The van der Waals surface area contributed by atoms with E-state index < -0.39 is 5.97 Å². The summed E-state index contributed by atoms with van der Waals surface area (Å²) in [5.41, 5.74) is 0.562. The van der Waals surface area contributed by atoms with E-state index in [1.54, 1.807) is 0 Å². The molecule has 1 N–H and O–H groups in total. The maximum absolute atomic E-state index is 10.8. The first-order valence-electron chi connectivity index (χ1n) is 5.37. The van der Waals surface area contributed by atoms with Crippen LogP contribution in [0.25, 0.3) is 0 Å². The smallest absolute Gasteiger partial charge is 0.339 e.